The molecule has 0 aromatic heterocycles. The Balaban J connectivity index is 1.47. The van der Waals surface area contributed by atoms with Crippen LogP contribution in [0.3, 0.4) is 0 Å². The first kappa shape index (κ1) is 18.9. The molecule has 0 unspecified atom stereocenters. The molecule has 142 valence electrons. The average molecular weight is 358 g/mol. The summed E-state index contributed by atoms with van der Waals surface area (Å²) in [5, 5.41) is 6.54. The Labute approximate surface area is 155 Å². The number of carbonyl (C=O) groups excluding carboxylic acids is 2. The van der Waals surface area contributed by atoms with Crippen molar-refractivity contribution in [2.24, 2.45) is 5.92 Å². The number of hydrogen-bond acceptors (Lipinski definition) is 4. The molecule has 1 aromatic rings. The SMILES string of the molecule is COC(=O)CC1CCC(NC(=O)c2ccc(C3CCNCC3)cc2)CC1. The highest BCUT2D eigenvalue weighted by Crippen LogP contribution is 2.28. The van der Waals surface area contributed by atoms with Gasteiger partial charge in [-0.25, -0.2) is 0 Å². The maximum Gasteiger partial charge on any atom is 0.305 e. The monoisotopic (exact) mass is 358 g/mol. The Morgan fingerprint density at radius 1 is 1.04 bits per heavy atom. The van der Waals surface area contributed by atoms with Crippen LogP contribution >= 0.6 is 0 Å². The first-order valence-corrected chi connectivity index (χ1v) is 9.84. The summed E-state index contributed by atoms with van der Waals surface area (Å²) in [7, 11) is 1.44. The second-order valence-electron chi connectivity index (χ2n) is 7.62. The van der Waals surface area contributed by atoms with Crippen molar-refractivity contribution in [2.45, 2.75) is 56.9 Å². The normalized spacial score (nSPS) is 24.0. The second-order valence-corrected chi connectivity index (χ2v) is 7.62. The van der Waals surface area contributed by atoms with Gasteiger partial charge in [-0.15, -0.1) is 0 Å². The number of methoxy groups -OCH3 is 1. The van der Waals surface area contributed by atoms with Crippen LogP contribution in [0.4, 0.5) is 0 Å². The molecule has 2 aliphatic rings. The van der Waals surface area contributed by atoms with Gasteiger partial charge >= 0.3 is 5.97 Å². The van der Waals surface area contributed by atoms with Gasteiger partial charge in [0.15, 0.2) is 0 Å². The molecule has 3 rings (SSSR count). The van der Waals surface area contributed by atoms with Crippen molar-refractivity contribution in [1.82, 2.24) is 10.6 Å². The Hall–Kier alpha value is -1.88. The molecule has 1 saturated carbocycles. The third-order valence-electron chi connectivity index (χ3n) is 5.85. The zero-order valence-corrected chi connectivity index (χ0v) is 15.6. The molecule has 1 aliphatic heterocycles. The molecule has 0 atom stereocenters. The van der Waals surface area contributed by atoms with Gasteiger partial charge < -0.3 is 15.4 Å². The number of esters is 1. The number of nitrogens with one attached hydrogen (secondary N) is 2. The third kappa shape index (κ3) is 5.07. The van der Waals surface area contributed by atoms with Crippen LogP contribution in [-0.2, 0) is 9.53 Å². The van der Waals surface area contributed by atoms with Crippen LogP contribution in [-0.4, -0.2) is 38.1 Å². The van der Waals surface area contributed by atoms with E-state index in [0.717, 1.165) is 44.3 Å². The molecule has 5 nitrogen and oxygen atoms in total. The lowest BCUT2D eigenvalue weighted by atomic mass is 9.84. The summed E-state index contributed by atoms with van der Waals surface area (Å²) in [5.41, 5.74) is 2.07. The molecule has 5 heteroatoms. The van der Waals surface area contributed by atoms with E-state index in [-0.39, 0.29) is 17.9 Å². The van der Waals surface area contributed by atoms with Gasteiger partial charge in [-0.1, -0.05) is 12.1 Å². The Kier molecular flexibility index (Phi) is 6.67. The lowest BCUT2D eigenvalue weighted by Crippen LogP contribution is -2.38. The van der Waals surface area contributed by atoms with E-state index in [4.69, 9.17) is 4.74 Å². The summed E-state index contributed by atoms with van der Waals surface area (Å²) < 4.78 is 4.74. The van der Waals surface area contributed by atoms with Crippen LogP contribution in [0.15, 0.2) is 24.3 Å². The fourth-order valence-corrected chi connectivity index (χ4v) is 4.16. The van der Waals surface area contributed by atoms with Crippen molar-refractivity contribution in [1.29, 1.82) is 0 Å². The van der Waals surface area contributed by atoms with Gasteiger partial charge in [-0.2, -0.15) is 0 Å². The van der Waals surface area contributed by atoms with Crippen LogP contribution in [0.5, 0.6) is 0 Å². The summed E-state index contributed by atoms with van der Waals surface area (Å²) in [6.07, 6.45) is 6.63. The molecule has 1 aromatic carbocycles. The molecule has 2 fully saturated rings. The Bertz CT molecular complexity index is 600. The van der Waals surface area contributed by atoms with Gasteiger partial charge in [0, 0.05) is 18.0 Å². The van der Waals surface area contributed by atoms with Crippen molar-refractivity contribution < 1.29 is 14.3 Å². The Morgan fingerprint density at radius 2 is 1.69 bits per heavy atom. The zero-order chi connectivity index (χ0) is 18.4. The molecule has 1 amide bonds. The molecule has 2 N–H and O–H groups in total. The van der Waals surface area contributed by atoms with Gasteiger partial charge in [0.25, 0.3) is 5.91 Å². The fourth-order valence-electron chi connectivity index (χ4n) is 4.16. The number of ether oxygens (including phenoxy) is 1. The highest BCUT2D eigenvalue weighted by atomic mass is 16.5. The van der Waals surface area contributed by atoms with Crippen LogP contribution in [0.1, 0.15) is 66.8 Å². The number of rotatable bonds is 5. The first-order valence-electron chi connectivity index (χ1n) is 9.84. The molecule has 0 radical (unpaired) electrons. The van der Waals surface area contributed by atoms with Crippen molar-refractivity contribution in [3.63, 3.8) is 0 Å². The average Bonchev–Trinajstić information content (AvgIpc) is 2.70. The topological polar surface area (TPSA) is 67.4 Å². The minimum Gasteiger partial charge on any atom is -0.469 e. The lowest BCUT2D eigenvalue weighted by Gasteiger charge is -2.28. The third-order valence-corrected chi connectivity index (χ3v) is 5.85. The molecular formula is C21H30N2O3. The van der Waals surface area contributed by atoms with E-state index in [9.17, 15) is 9.59 Å². The van der Waals surface area contributed by atoms with E-state index in [1.807, 2.05) is 12.1 Å². The first-order chi connectivity index (χ1) is 12.7. The van der Waals surface area contributed by atoms with Crippen LogP contribution < -0.4 is 10.6 Å². The maximum absolute atomic E-state index is 12.5. The van der Waals surface area contributed by atoms with Gasteiger partial charge in [-0.3, -0.25) is 9.59 Å². The van der Waals surface area contributed by atoms with Crippen molar-refractivity contribution in [3.8, 4) is 0 Å². The van der Waals surface area contributed by atoms with Crippen molar-refractivity contribution in [2.75, 3.05) is 20.2 Å². The van der Waals surface area contributed by atoms with E-state index >= 15 is 0 Å². The van der Waals surface area contributed by atoms with E-state index in [2.05, 4.69) is 22.8 Å². The maximum atomic E-state index is 12.5. The summed E-state index contributed by atoms with van der Waals surface area (Å²) in [6.45, 7) is 2.15. The standard InChI is InChI=1S/C21H30N2O3/c1-26-20(24)14-15-2-8-19(9-3-15)23-21(25)18-6-4-16(5-7-18)17-10-12-22-13-11-17/h4-7,15,17,19,22H,2-3,8-14H2,1H3,(H,23,25). The highest BCUT2D eigenvalue weighted by molar-refractivity contribution is 5.94. The van der Waals surface area contributed by atoms with Gasteiger partial charge in [-0.05, 0) is 81.1 Å². The summed E-state index contributed by atoms with van der Waals surface area (Å²) in [6, 6.07) is 8.34. The molecule has 26 heavy (non-hydrogen) atoms. The largest absolute Gasteiger partial charge is 0.469 e. The quantitative estimate of drug-likeness (QED) is 0.794. The zero-order valence-electron chi connectivity index (χ0n) is 15.6. The number of amides is 1. The summed E-state index contributed by atoms with van der Waals surface area (Å²) >= 11 is 0. The molecule has 0 spiro atoms. The molecule has 1 saturated heterocycles. The van der Waals surface area contributed by atoms with Crippen molar-refractivity contribution >= 4 is 11.9 Å². The minimum atomic E-state index is -0.133. The number of hydrogen-bond donors (Lipinski definition) is 2. The predicted molar refractivity (Wildman–Crippen MR) is 101 cm³/mol. The number of benzene rings is 1. The fraction of sp³-hybridized carbons (Fsp3) is 0.619. The Morgan fingerprint density at radius 3 is 2.31 bits per heavy atom. The van der Waals surface area contributed by atoms with Crippen LogP contribution in [0.25, 0.3) is 0 Å². The smallest absolute Gasteiger partial charge is 0.305 e. The molecule has 0 bridgehead atoms. The van der Waals surface area contributed by atoms with E-state index in [0.29, 0.717) is 18.3 Å². The molecule has 1 heterocycles. The summed E-state index contributed by atoms with van der Waals surface area (Å²) in [5.74, 6) is 0.878. The van der Waals surface area contributed by atoms with Crippen molar-refractivity contribution in [3.05, 3.63) is 35.4 Å². The van der Waals surface area contributed by atoms with Crippen LogP contribution in [0.2, 0.25) is 0 Å². The van der Waals surface area contributed by atoms with Gasteiger partial charge in [0.2, 0.25) is 0 Å². The number of piperidine rings is 1. The lowest BCUT2D eigenvalue weighted by molar-refractivity contribution is -0.142. The van der Waals surface area contributed by atoms with Crippen LogP contribution in [0, 0.1) is 5.92 Å². The minimum absolute atomic E-state index is 0.0123. The van der Waals surface area contributed by atoms with Gasteiger partial charge in [0.1, 0.15) is 0 Å². The van der Waals surface area contributed by atoms with E-state index < -0.39 is 0 Å². The van der Waals surface area contributed by atoms with E-state index in [1.54, 1.807) is 0 Å². The van der Waals surface area contributed by atoms with E-state index in [1.165, 1.54) is 25.5 Å². The van der Waals surface area contributed by atoms with Gasteiger partial charge in [0.05, 0.1) is 7.11 Å². The molecular weight excluding hydrogens is 328 g/mol. The highest BCUT2D eigenvalue weighted by Gasteiger charge is 2.24. The second kappa shape index (κ2) is 9.17. The predicted octanol–water partition coefficient (Wildman–Crippen LogP) is 3.01. The number of carbonyl (C=O) groups is 2. The summed E-state index contributed by atoms with van der Waals surface area (Å²) in [4.78, 5) is 23.9. The molecule has 1 aliphatic carbocycles.